The molecule has 68 valence electrons. The zero-order valence-electron chi connectivity index (χ0n) is 7.61. The van der Waals surface area contributed by atoms with E-state index in [0.717, 1.165) is 12.8 Å². The second-order valence-corrected chi connectivity index (χ2v) is 3.37. The van der Waals surface area contributed by atoms with E-state index in [1.165, 1.54) is 0 Å². The molecule has 0 aromatic carbocycles. The van der Waals surface area contributed by atoms with Crippen LogP contribution in [0.3, 0.4) is 0 Å². The highest BCUT2D eigenvalue weighted by atomic mass is 19.2. The summed E-state index contributed by atoms with van der Waals surface area (Å²) in [6, 6.07) is 0. The molecule has 0 saturated carbocycles. The molecule has 11 heavy (non-hydrogen) atoms. The predicted molar refractivity (Wildman–Crippen MR) is 44.1 cm³/mol. The highest BCUT2D eigenvalue weighted by Gasteiger charge is 2.22. The molecule has 0 bridgehead atoms. The monoisotopic (exact) mass is 164 g/mol. The average molecular weight is 164 g/mol. The number of hydrogen-bond acceptors (Lipinski definition) is 0. The van der Waals surface area contributed by atoms with Gasteiger partial charge in [0.25, 0.3) is 0 Å². The van der Waals surface area contributed by atoms with Gasteiger partial charge in [-0.25, -0.2) is 8.78 Å². The summed E-state index contributed by atoms with van der Waals surface area (Å²) in [5.41, 5.74) is 0. The molecule has 0 aromatic heterocycles. The highest BCUT2D eigenvalue weighted by molar-refractivity contribution is 4.71. The Kier molecular flexibility index (Phi) is 5.43. The number of rotatable bonds is 5. The van der Waals surface area contributed by atoms with Gasteiger partial charge in [-0.15, -0.1) is 0 Å². The molecular formula is C9H18F2. The van der Waals surface area contributed by atoms with Crippen LogP contribution in [0, 0.1) is 11.8 Å². The van der Waals surface area contributed by atoms with Gasteiger partial charge in [-0.2, -0.15) is 0 Å². The molecule has 0 rings (SSSR count). The number of alkyl halides is 2. The molecule has 0 N–H and O–H groups in total. The Balaban J connectivity index is 3.87. The molecule has 0 radical (unpaired) electrons. The van der Waals surface area contributed by atoms with Crippen molar-refractivity contribution in [3.05, 3.63) is 0 Å². The first-order valence-electron chi connectivity index (χ1n) is 4.33. The van der Waals surface area contributed by atoms with Crippen molar-refractivity contribution in [3.63, 3.8) is 0 Å². The lowest BCUT2D eigenvalue weighted by molar-refractivity contribution is 0.137. The highest BCUT2D eigenvalue weighted by Crippen LogP contribution is 2.23. The van der Waals surface area contributed by atoms with E-state index in [9.17, 15) is 8.78 Å². The van der Waals surface area contributed by atoms with Gasteiger partial charge in [-0.3, -0.25) is 0 Å². The lowest BCUT2D eigenvalue weighted by Gasteiger charge is -2.21. The van der Waals surface area contributed by atoms with E-state index in [1.807, 2.05) is 20.8 Å². The molecule has 0 nitrogen and oxygen atoms in total. The summed E-state index contributed by atoms with van der Waals surface area (Å²) in [5, 5.41) is 0. The summed E-state index contributed by atoms with van der Waals surface area (Å²) in [4.78, 5) is 0. The fourth-order valence-corrected chi connectivity index (χ4v) is 1.38. The maximum absolute atomic E-state index is 12.9. The first kappa shape index (κ1) is 10.9. The molecule has 0 aromatic rings. The molecule has 0 heterocycles. The third-order valence-corrected chi connectivity index (χ3v) is 2.09. The third-order valence-electron chi connectivity index (χ3n) is 2.09. The Hall–Kier alpha value is -0.140. The largest absolute Gasteiger partial charge is 0.248 e. The van der Waals surface area contributed by atoms with Gasteiger partial charge in [-0.1, -0.05) is 27.2 Å². The van der Waals surface area contributed by atoms with E-state index in [1.54, 1.807) is 0 Å². The van der Waals surface area contributed by atoms with Crippen LogP contribution in [0.5, 0.6) is 0 Å². The van der Waals surface area contributed by atoms with Crippen LogP contribution >= 0.6 is 0 Å². The van der Waals surface area contributed by atoms with Crippen molar-refractivity contribution in [2.24, 2.45) is 11.8 Å². The molecule has 2 atom stereocenters. The average Bonchev–Trinajstić information content (AvgIpc) is 1.98. The Morgan fingerprint density at radius 3 is 2.09 bits per heavy atom. The SMILES string of the molecule is CCCC(C(C)C)[C@H](F)CF. The van der Waals surface area contributed by atoms with Crippen LogP contribution < -0.4 is 0 Å². The van der Waals surface area contributed by atoms with Crippen LogP contribution in [-0.4, -0.2) is 12.8 Å². The first-order valence-corrected chi connectivity index (χ1v) is 4.33. The van der Waals surface area contributed by atoms with E-state index in [4.69, 9.17) is 0 Å². The Bertz CT molecular complexity index is 91.6. The van der Waals surface area contributed by atoms with E-state index in [-0.39, 0.29) is 11.8 Å². The van der Waals surface area contributed by atoms with Gasteiger partial charge in [0.15, 0.2) is 0 Å². The van der Waals surface area contributed by atoms with Gasteiger partial charge in [0.05, 0.1) is 0 Å². The minimum Gasteiger partial charge on any atom is -0.248 e. The maximum atomic E-state index is 12.9. The maximum Gasteiger partial charge on any atom is 0.131 e. The van der Waals surface area contributed by atoms with Crippen LogP contribution in [0.2, 0.25) is 0 Å². The van der Waals surface area contributed by atoms with Crippen LogP contribution in [0.4, 0.5) is 8.78 Å². The van der Waals surface area contributed by atoms with Crippen molar-refractivity contribution in [1.29, 1.82) is 0 Å². The predicted octanol–water partition coefficient (Wildman–Crippen LogP) is 3.37. The van der Waals surface area contributed by atoms with Crippen LogP contribution in [0.15, 0.2) is 0 Å². The lowest BCUT2D eigenvalue weighted by Crippen LogP contribution is -2.23. The molecule has 0 saturated heterocycles. The molecule has 1 unspecified atom stereocenters. The van der Waals surface area contributed by atoms with Gasteiger partial charge >= 0.3 is 0 Å². The standard InChI is InChI=1S/C9H18F2/c1-4-5-8(7(2)3)9(11)6-10/h7-9H,4-6H2,1-3H3/t8?,9-/m1/s1. The molecule has 0 amide bonds. The quantitative estimate of drug-likeness (QED) is 0.584. The van der Waals surface area contributed by atoms with E-state index in [0.29, 0.717) is 0 Å². The Morgan fingerprint density at radius 1 is 1.27 bits per heavy atom. The van der Waals surface area contributed by atoms with E-state index >= 15 is 0 Å². The van der Waals surface area contributed by atoms with Crippen LogP contribution in [0.25, 0.3) is 0 Å². The zero-order chi connectivity index (χ0) is 8.85. The van der Waals surface area contributed by atoms with Crippen LogP contribution in [0.1, 0.15) is 33.6 Å². The first-order chi connectivity index (χ1) is 5.13. The van der Waals surface area contributed by atoms with Gasteiger partial charge < -0.3 is 0 Å². The second-order valence-electron chi connectivity index (χ2n) is 3.37. The normalized spacial score (nSPS) is 16.9. The fraction of sp³-hybridized carbons (Fsp3) is 1.00. The molecular weight excluding hydrogens is 146 g/mol. The summed E-state index contributed by atoms with van der Waals surface area (Å²) in [5.74, 6) is 0.158. The van der Waals surface area contributed by atoms with Crippen molar-refractivity contribution in [3.8, 4) is 0 Å². The van der Waals surface area contributed by atoms with Crippen molar-refractivity contribution in [2.45, 2.75) is 39.8 Å². The summed E-state index contributed by atoms with van der Waals surface area (Å²) in [7, 11) is 0. The molecule has 2 heteroatoms. The third kappa shape index (κ3) is 3.68. The van der Waals surface area contributed by atoms with Crippen molar-refractivity contribution in [1.82, 2.24) is 0 Å². The van der Waals surface area contributed by atoms with Gasteiger partial charge in [0.2, 0.25) is 0 Å². The summed E-state index contributed by atoms with van der Waals surface area (Å²) >= 11 is 0. The van der Waals surface area contributed by atoms with E-state index in [2.05, 4.69) is 0 Å². The van der Waals surface area contributed by atoms with E-state index < -0.39 is 12.8 Å². The van der Waals surface area contributed by atoms with Crippen molar-refractivity contribution in [2.75, 3.05) is 6.67 Å². The lowest BCUT2D eigenvalue weighted by atomic mass is 9.88. The molecule has 0 aliphatic carbocycles. The summed E-state index contributed by atoms with van der Waals surface area (Å²) in [6.45, 7) is 5.06. The molecule has 0 fully saturated rings. The fourth-order valence-electron chi connectivity index (χ4n) is 1.38. The van der Waals surface area contributed by atoms with Gasteiger partial charge in [0, 0.05) is 0 Å². The minimum atomic E-state index is -1.25. The van der Waals surface area contributed by atoms with Crippen LogP contribution in [-0.2, 0) is 0 Å². The van der Waals surface area contributed by atoms with Crippen molar-refractivity contribution >= 4 is 0 Å². The number of hydrogen-bond donors (Lipinski definition) is 0. The van der Waals surface area contributed by atoms with Gasteiger partial charge in [0.1, 0.15) is 12.8 Å². The van der Waals surface area contributed by atoms with Gasteiger partial charge in [-0.05, 0) is 18.3 Å². The van der Waals surface area contributed by atoms with Crippen molar-refractivity contribution < 1.29 is 8.78 Å². The minimum absolute atomic E-state index is 0.0926. The summed E-state index contributed by atoms with van der Waals surface area (Å²) in [6.07, 6.45) is 0.474. The zero-order valence-corrected chi connectivity index (χ0v) is 7.61. The molecule has 0 aliphatic rings. The molecule has 0 spiro atoms. The number of halogens is 2. The summed E-state index contributed by atoms with van der Waals surface area (Å²) < 4.78 is 24.8. The Labute approximate surface area is 68.0 Å². The second kappa shape index (κ2) is 5.50. The smallest absolute Gasteiger partial charge is 0.131 e. The molecule has 0 aliphatic heterocycles. The topological polar surface area (TPSA) is 0 Å². The Morgan fingerprint density at radius 2 is 1.82 bits per heavy atom.